The van der Waals surface area contributed by atoms with Crippen molar-refractivity contribution in [2.75, 3.05) is 6.54 Å². The monoisotopic (exact) mass is 404 g/mol. The summed E-state index contributed by atoms with van der Waals surface area (Å²) in [5.41, 5.74) is 2.53. The third kappa shape index (κ3) is 4.87. The average molecular weight is 405 g/mol. The Morgan fingerprint density at radius 2 is 1.73 bits per heavy atom. The first-order valence-corrected chi connectivity index (χ1v) is 10.8. The molecule has 1 aliphatic rings. The standard InChI is InChI=1S/C24H28N4O2/c29-23(26-19-11-4-5-12-19)17-28-21-14-7-6-13-20(21)27-22(28)15-8-16-25-24(30)18-9-2-1-3-10-18/h1-3,6-7,9-10,13-14,19H,4-5,8,11-12,15-17H2,(H,25,30)(H,26,29). The molecule has 30 heavy (non-hydrogen) atoms. The number of aromatic nitrogens is 2. The quantitative estimate of drug-likeness (QED) is 0.565. The first-order valence-electron chi connectivity index (χ1n) is 10.8. The third-order valence-electron chi connectivity index (χ3n) is 5.65. The van der Waals surface area contributed by atoms with Gasteiger partial charge in [0.25, 0.3) is 5.91 Å². The van der Waals surface area contributed by atoms with Crippen LogP contribution in [0.15, 0.2) is 54.6 Å². The lowest BCUT2D eigenvalue weighted by molar-refractivity contribution is -0.122. The summed E-state index contributed by atoms with van der Waals surface area (Å²) in [7, 11) is 0. The van der Waals surface area contributed by atoms with Gasteiger partial charge in [0.2, 0.25) is 5.91 Å². The van der Waals surface area contributed by atoms with Crippen LogP contribution >= 0.6 is 0 Å². The number of benzene rings is 2. The maximum atomic E-state index is 12.6. The molecule has 0 unspecified atom stereocenters. The van der Waals surface area contributed by atoms with E-state index in [0.29, 0.717) is 24.6 Å². The number of hydrogen-bond donors (Lipinski definition) is 2. The third-order valence-corrected chi connectivity index (χ3v) is 5.65. The fraction of sp³-hybridized carbons (Fsp3) is 0.375. The average Bonchev–Trinajstić information content (AvgIpc) is 3.40. The molecule has 1 aliphatic carbocycles. The lowest BCUT2D eigenvalue weighted by atomic mass is 10.2. The van der Waals surface area contributed by atoms with Crippen molar-refractivity contribution in [3.05, 3.63) is 66.0 Å². The van der Waals surface area contributed by atoms with Gasteiger partial charge < -0.3 is 15.2 Å². The smallest absolute Gasteiger partial charge is 0.251 e. The zero-order chi connectivity index (χ0) is 20.8. The predicted octanol–water partition coefficient (Wildman–Crippen LogP) is 3.46. The number of aryl methyl sites for hydroxylation is 1. The summed E-state index contributed by atoms with van der Waals surface area (Å²) in [5, 5.41) is 6.12. The SMILES string of the molecule is O=C(Cn1c(CCCNC(=O)c2ccccc2)nc2ccccc21)NC1CCCC1. The van der Waals surface area contributed by atoms with Gasteiger partial charge in [0.15, 0.2) is 0 Å². The molecule has 0 bridgehead atoms. The van der Waals surface area contributed by atoms with Crippen LogP contribution in [0, 0.1) is 0 Å². The van der Waals surface area contributed by atoms with Crippen LogP contribution in [0.4, 0.5) is 0 Å². The van der Waals surface area contributed by atoms with Crippen LogP contribution in [-0.4, -0.2) is 34.0 Å². The summed E-state index contributed by atoms with van der Waals surface area (Å²) in [5.74, 6) is 0.857. The van der Waals surface area contributed by atoms with Crippen molar-refractivity contribution in [2.24, 2.45) is 0 Å². The normalized spacial score (nSPS) is 14.1. The number of nitrogens with zero attached hydrogens (tertiary/aromatic N) is 2. The summed E-state index contributed by atoms with van der Waals surface area (Å²) in [4.78, 5) is 29.6. The van der Waals surface area contributed by atoms with Gasteiger partial charge in [0.05, 0.1) is 11.0 Å². The van der Waals surface area contributed by atoms with E-state index in [0.717, 1.165) is 36.1 Å². The summed E-state index contributed by atoms with van der Waals surface area (Å²) < 4.78 is 2.01. The summed E-state index contributed by atoms with van der Waals surface area (Å²) in [6.45, 7) is 0.841. The topological polar surface area (TPSA) is 76.0 Å². The number of para-hydroxylation sites is 2. The molecule has 0 radical (unpaired) electrons. The molecular formula is C24H28N4O2. The number of amides is 2. The molecule has 2 aromatic carbocycles. The van der Waals surface area contributed by atoms with E-state index in [-0.39, 0.29) is 18.4 Å². The Labute approximate surface area is 176 Å². The molecule has 1 fully saturated rings. The molecule has 0 spiro atoms. The molecule has 156 valence electrons. The second-order valence-corrected chi connectivity index (χ2v) is 7.88. The van der Waals surface area contributed by atoms with Gasteiger partial charge in [-0.15, -0.1) is 0 Å². The number of nitrogens with one attached hydrogen (secondary N) is 2. The number of rotatable bonds is 8. The minimum absolute atomic E-state index is 0.0451. The Bertz CT molecular complexity index is 1010. The number of hydrogen-bond acceptors (Lipinski definition) is 3. The first kappa shape index (κ1) is 20.1. The van der Waals surface area contributed by atoms with Crippen LogP contribution in [0.1, 0.15) is 48.3 Å². The van der Waals surface area contributed by atoms with Gasteiger partial charge in [-0.25, -0.2) is 4.98 Å². The van der Waals surface area contributed by atoms with Gasteiger partial charge in [-0.3, -0.25) is 9.59 Å². The van der Waals surface area contributed by atoms with Crippen LogP contribution < -0.4 is 10.6 Å². The van der Waals surface area contributed by atoms with E-state index in [9.17, 15) is 9.59 Å². The molecular weight excluding hydrogens is 376 g/mol. The Morgan fingerprint density at radius 3 is 2.53 bits per heavy atom. The van der Waals surface area contributed by atoms with Gasteiger partial charge in [-0.1, -0.05) is 43.2 Å². The van der Waals surface area contributed by atoms with Crippen molar-refractivity contribution < 1.29 is 9.59 Å². The van der Waals surface area contributed by atoms with Crippen molar-refractivity contribution >= 4 is 22.8 Å². The van der Waals surface area contributed by atoms with Crippen LogP contribution in [0.2, 0.25) is 0 Å². The second-order valence-electron chi connectivity index (χ2n) is 7.88. The van der Waals surface area contributed by atoms with E-state index in [4.69, 9.17) is 4.98 Å². The van der Waals surface area contributed by atoms with Crippen LogP contribution in [0.3, 0.4) is 0 Å². The minimum atomic E-state index is -0.0694. The Kier molecular flexibility index (Phi) is 6.42. The highest BCUT2D eigenvalue weighted by atomic mass is 16.2. The molecule has 6 nitrogen and oxygen atoms in total. The minimum Gasteiger partial charge on any atom is -0.352 e. The molecule has 0 atom stereocenters. The highest BCUT2D eigenvalue weighted by molar-refractivity contribution is 5.94. The summed E-state index contributed by atoms with van der Waals surface area (Å²) >= 11 is 0. The molecule has 2 N–H and O–H groups in total. The van der Waals surface area contributed by atoms with E-state index in [1.807, 2.05) is 47.0 Å². The maximum Gasteiger partial charge on any atom is 0.251 e. The van der Waals surface area contributed by atoms with Gasteiger partial charge >= 0.3 is 0 Å². The van der Waals surface area contributed by atoms with E-state index >= 15 is 0 Å². The van der Waals surface area contributed by atoms with Gasteiger partial charge in [0, 0.05) is 24.6 Å². The van der Waals surface area contributed by atoms with Crippen molar-refractivity contribution in [3.8, 4) is 0 Å². The van der Waals surface area contributed by atoms with E-state index in [1.54, 1.807) is 12.1 Å². The lowest BCUT2D eigenvalue weighted by Gasteiger charge is -2.14. The van der Waals surface area contributed by atoms with Crippen molar-refractivity contribution in [1.82, 2.24) is 20.2 Å². The zero-order valence-corrected chi connectivity index (χ0v) is 17.1. The summed E-state index contributed by atoms with van der Waals surface area (Å²) in [6.07, 6.45) is 5.99. The Hall–Kier alpha value is -3.15. The number of carbonyl (C=O) groups excluding carboxylic acids is 2. The molecule has 1 heterocycles. The predicted molar refractivity (Wildman–Crippen MR) is 117 cm³/mol. The number of imidazole rings is 1. The van der Waals surface area contributed by atoms with E-state index in [2.05, 4.69) is 10.6 Å². The highest BCUT2D eigenvalue weighted by Crippen LogP contribution is 2.19. The molecule has 4 rings (SSSR count). The van der Waals surface area contributed by atoms with Crippen molar-refractivity contribution in [3.63, 3.8) is 0 Å². The summed E-state index contributed by atoms with van der Waals surface area (Å²) in [6, 6.07) is 17.4. The zero-order valence-electron chi connectivity index (χ0n) is 17.1. The maximum absolute atomic E-state index is 12.6. The fourth-order valence-electron chi connectivity index (χ4n) is 4.12. The van der Waals surface area contributed by atoms with Gasteiger partial charge in [-0.05, 0) is 43.5 Å². The van der Waals surface area contributed by atoms with Gasteiger partial charge in [-0.2, -0.15) is 0 Å². The first-order chi connectivity index (χ1) is 14.7. The molecule has 6 heteroatoms. The highest BCUT2D eigenvalue weighted by Gasteiger charge is 2.19. The van der Waals surface area contributed by atoms with Crippen molar-refractivity contribution in [1.29, 1.82) is 0 Å². The van der Waals surface area contributed by atoms with Gasteiger partial charge in [0.1, 0.15) is 12.4 Å². The molecule has 0 saturated heterocycles. The number of carbonyl (C=O) groups is 2. The van der Waals surface area contributed by atoms with Crippen LogP contribution in [0.25, 0.3) is 11.0 Å². The Morgan fingerprint density at radius 1 is 1.00 bits per heavy atom. The fourth-order valence-corrected chi connectivity index (χ4v) is 4.12. The second kappa shape index (κ2) is 9.57. The molecule has 3 aromatic rings. The molecule has 1 saturated carbocycles. The largest absolute Gasteiger partial charge is 0.352 e. The number of fused-ring (bicyclic) bond motifs is 1. The van der Waals surface area contributed by atoms with Crippen LogP contribution in [0.5, 0.6) is 0 Å². The van der Waals surface area contributed by atoms with E-state index in [1.165, 1.54) is 12.8 Å². The molecule has 0 aliphatic heterocycles. The lowest BCUT2D eigenvalue weighted by Crippen LogP contribution is -2.35. The van der Waals surface area contributed by atoms with Crippen molar-refractivity contribution in [2.45, 2.75) is 51.1 Å². The molecule has 1 aromatic heterocycles. The van der Waals surface area contributed by atoms with E-state index < -0.39 is 0 Å². The molecule has 2 amide bonds. The Balaban J connectivity index is 1.38. The van der Waals surface area contributed by atoms with Crippen LogP contribution in [-0.2, 0) is 17.8 Å².